The summed E-state index contributed by atoms with van der Waals surface area (Å²) in [6, 6.07) is 19.7. The minimum absolute atomic E-state index is 0.0955. The fourth-order valence-electron chi connectivity index (χ4n) is 3.52. The van der Waals surface area contributed by atoms with Crippen LogP contribution in [0.5, 0.6) is 0 Å². The van der Waals surface area contributed by atoms with Crippen LogP contribution in [0, 0.1) is 11.8 Å². The normalized spacial score (nSPS) is 13.5. The molecule has 0 aliphatic carbocycles. The van der Waals surface area contributed by atoms with Crippen LogP contribution < -0.4 is 5.32 Å². The largest absolute Gasteiger partial charge is 0.461 e. The van der Waals surface area contributed by atoms with Gasteiger partial charge >= 0.3 is 12.1 Å². The molecular weight excluding hydrogens is 402 g/mol. The Morgan fingerprint density at radius 2 is 1.31 bits per heavy atom. The molecular formula is C27H37NO4. The molecule has 1 N–H and O–H groups in total. The Morgan fingerprint density at radius 3 is 1.72 bits per heavy atom. The number of amides is 1. The van der Waals surface area contributed by atoms with Gasteiger partial charge in [0.05, 0.1) is 0 Å². The van der Waals surface area contributed by atoms with Crippen LogP contribution in [0.2, 0.25) is 0 Å². The average molecular weight is 440 g/mol. The molecule has 0 saturated heterocycles. The maximum atomic E-state index is 13.0. The summed E-state index contributed by atoms with van der Waals surface area (Å²) in [6.07, 6.45) is 0.627. The van der Waals surface area contributed by atoms with E-state index in [1.54, 1.807) is 20.8 Å². The quantitative estimate of drug-likeness (QED) is 0.519. The lowest BCUT2D eigenvalue weighted by molar-refractivity contribution is -0.154. The molecule has 5 nitrogen and oxygen atoms in total. The van der Waals surface area contributed by atoms with E-state index in [-0.39, 0.29) is 17.9 Å². The highest BCUT2D eigenvalue weighted by Gasteiger charge is 2.31. The van der Waals surface area contributed by atoms with E-state index in [4.69, 9.17) is 9.47 Å². The fraction of sp³-hybridized carbons (Fsp3) is 0.481. The van der Waals surface area contributed by atoms with Gasteiger partial charge in [0.25, 0.3) is 0 Å². The van der Waals surface area contributed by atoms with Crippen LogP contribution in [0.1, 0.15) is 52.7 Å². The van der Waals surface area contributed by atoms with Gasteiger partial charge in [-0.1, -0.05) is 74.5 Å². The number of esters is 1. The highest BCUT2D eigenvalue weighted by atomic mass is 16.6. The fourth-order valence-corrected chi connectivity index (χ4v) is 3.52. The van der Waals surface area contributed by atoms with E-state index in [1.165, 1.54) is 11.1 Å². The van der Waals surface area contributed by atoms with Gasteiger partial charge in [-0.25, -0.2) is 9.59 Å². The molecule has 2 aromatic rings. The summed E-state index contributed by atoms with van der Waals surface area (Å²) in [5.41, 5.74) is 1.76. The van der Waals surface area contributed by atoms with Gasteiger partial charge in [-0.2, -0.15) is 0 Å². The predicted molar refractivity (Wildman–Crippen MR) is 127 cm³/mol. The van der Waals surface area contributed by atoms with Gasteiger partial charge in [0.15, 0.2) is 0 Å². The van der Waals surface area contributed by atoms with Crippen molar-refractivity contribution in [3.63, 3.8) is 0 Å². The van der Waals surface area contributed by atoms with Crippen LogP contribution in [0.4, 0.5) is 4.79 Å². The first-order valence-corrected chi connectivity index (χ1v) is 11.3. The molecule has 0 fully saturated rings. The lowest BCUT2D eigenvalue weighted by Gasteiger charge is -2.29. The minimum Gasteiger partial charge on any atom is -0.461 e. The predicted octanol–water partition coefficient (Wildman–Crippen LogP) is 5.57. The first-order chi connectivity index (χ1) is 15.0. The third-order valence-corrected chi connectivity index (χ3v) is 5.24. The lowest BCUT2D eigenvalue weighted by atomic mass is 9.88. The number of carbonyl (C=O) groups excluding carboxylic acids is 2. The van der Waals surface area contributed by atoms with Crippen LogP contribution in [-0.2, 0) is 27.1 Å². The summed E-state index contributed by atoms with van der Waals surface area (Å²) in [5, 5.41) is 2.68. The zero-order chi connectivity index (χ0) is 23.7. The van der Waals surface area contributed by atoms with E-state index >= 15 is 0 Å². The van der Waals surface area contributed by atoms with Crippen LogP contribution in [-0.4, -0.2) is 29.8 Å². The number of alkyl carbamates (subject to hydrolysis) is 1. The van der Waals surface area contributed by atoms with E-state index in [2.05, 4.69) is 29.6 Å². The Labute approximate surface area is 192 Å². The standard InChI is InChI=1S/C27H37NO4/c1-19(2)24(28-26(30)32-27(4,5)6)25(29)31-20(3)23(17-21-13-9-7-10-14-21)18-22-15-11-8-12-16-22/h7-16,19-20,23-24H,17-18H2,1-6H3,(H,28,30)/t20-,24-/m0/s1. The van der Waals surface area contributed by atoms with Crippen molar-refractivity contribution in [3.05, 3.63) is 71.8 Å². The van der Waals surface area contributed by atoms with Crippen molar-refractivity contribution in [3.8, 4) is 0 Å². The molecule has 0 aliphatic rings. The van der Waals surface area contributed by atoms with Gasteiger partial charge in [-0.3, -0.25) is 0 Å². The highest BCUT2D eigenvalue weighted by Crippen LogP contribution is 2.21. The molecule has 1 amide bonds. The van der Waals surface area contributed by atoms with Crippen molar-refractivity contribution < 1.29 is 19.1 Å². The Bertz CT molecular complexity index is 801. The molecule has 0 bridgehead atoms. The van der Waals surface area contributed by atoms with E-state index in [9.17, 15) is 9.59 Å². The molecule has 5 heteroatoms. The maximum absolute atomic E-state index is 13.0. The van der Waals surface area contributed by atoms with Crippen LogP contribution in [0.3, 0.4) is 0 Å². The summed E-state index contributed by atoms with van der Waals surface area (Å²) in [4.78, 5) is 25.3. The molecule has 0 spiro atoms. The van der Waals surface area contributed by atoms with Gasteiger partial charge in [0.2, 0.25) is 0 Å². The van der Waals surface area contributed by atoms with Crippen LogP contribution in [0.15, 0.2) is 60.7 Å². The number of ether oxygens (including phenoxy) is 2. The first-order valence-electron chi connectivity index (χ1n) is 11.3. The minimum atomic E-state index is -0.776. The number of benzene rings is 2. The molecule has 0 aliphatic heterocycles. The molecule has 0 aromatic heterocycles. The van der Waals surface area contributed by atoms with Crippen LogP contribution in [0.25, 0.3) is 0 Å². The third kappa shape index (κ3) is 8.74. The van der Waals surface area contributed by atoms with Crippen LogP contribution >= 0.6 is 0 Å². The van der Waals surface area contributed by atoms with Crippen molar-refractivity contribution in [2.24, 2.45) is 11.8 Å². The van der Waals surface area contributed by atoms with Crippen molar-refractivity contribution in [2.45, 2.75) is 72.1 Å². The SMILES string of the molecule is CC(C)[C@H](NC(=O)OC(C)(C)C)C(=O)O[C@@H](C)C(Cc1ccccc1)Cc1ccccc1. The molecule has 0 saturated carbocycles. The molecule has 0 heterocycles. The van der Waals surface area contributed by atoms with E-state index in [0.29, 0.717) is 0 Å². The maximum Gasteiger partial charge on any atom is 0.408 e. The molecule has 32 heavy (non-hydrogen) atoms. The Morgan fingerprint density at radius 1 is 0.844 bits per heavy atom. The molecule has 174 valence electrons. The summed E-state index contributed by atoms with van der Waals surface area (Å²) in [5.74, 6) is -0.480. The first kappa shape index (κ1) is 25.4. The second-order valence-corrected chi connectivity index (χ2v) is 9.65. The van der Waals surface area contributed by atoms with Gasteiger partial charge in [0, 0.05) is 5.92 Å². The average Bonchev–Trinajstić information content (AvgIpc) is 2.71. The smallest absolute Gasteiger partial charge is 0.408 e. The Balaban J connectivity index is 2.11. The Kier molecular flexibility index (Phi) is 9.30. The number of carbonyl (C=O) groups is 2. The van der Waals surface area contributed by atoms with Gasteiger partial charge in [-0.05, 0) is 57.6 Å². The summed E-state index contributed by atoms with van der Waals surface area (Å²) >= 11 is 0. The summed E-state index contributed by atoms with van der Waals surface area (Å²) < 4.78 is 11.2. The van der Waals surface area contributed by atoms with Gasteiger partial charge < -0.3 is 14.8 Å². The van der Waals surface area contributed by atoms with E-state index in [0.717, 1.165) is 12.8 Å². The number of hydrogen-bond acceptors (Lipinski definition) is 4. The second kappa shape index (κ2) is 11.7. The molecule has 0 unspecified atom stereocenters. The lowest BCUT2D eigenvalue weighted by Crippen LogP contribution is -2.48. The summed E-state index contributed by atoms with van der Waals surface area (Å²) in [6.45, 7) is 11.0. The van der Waals surface area contributed by atoms with Crippen molar-refractivity contribution >= 4 is 12.1 Å². The monoisotopic (exact) mass is 439 g/mol. The number of nitrogens with one attached hydrogen (secondary N) is 1. The third-order valence-electron chi connectivity index (χ3n) is 5.24. The molecule has 2 atom stereocenters. The molecule has 2 rings (SSSR count). The topological polar surface area (TPSA) is 64.6 Å². The number of hydrogen-bond donors (Lipinski definition) is 1. The van der Waals surface area contributed by atoms with E-state index < -0.39 is 23.7 Å². The van der Waals surface area contributed by atoms with Crippen molar-refractivity contribution in [2.75, 3.05) is 0 Å². The van der Waals surface area contributed by atoms with Crippen molar-refractivity contribution in [1.29, 1.82) is 0 Å². The van der Waals surface area contributed by atoms with Crippen molar-refractivity contribution in [1.82, 2.24) is 5.32 Å². The zero-order valence-electron chi connectivity index (χ0n) is 20.1. The zero-order valence-corrected chi connectivity index (χ0v) is 20.1. The molecule has 2 aromatic carbocycles. The highest BCUT2D eigenvalue weighted by molar-refractivity contribution is 5.81. The summed E-state index contributed by atoms with van der Waals surface area (Å²) in [7, 11) is 0. The van der Waals surface area contributed by atoms with E-state index in [1.807, 2.05) is 57.2 Å². The second-order valence-electron chi connectivity index (χ2n) is 9.65. The van der Waals surface area contributed by atoms with Gasteiger partial charge in [0.1, 0.15) is 17.7 Å². The van der Waals surface area contributed by atoms with Gasteiger partial charge in [-0.15, -0.1) is 0 Å². The number of rotatable bonds is 9. The molecule has 0 radical (unpaired) electrons. The Hall–Kier alpha value is -2.82.